The lowest BCUT2D eigenvalue weighted by atomic mass is 9.99. The third kappa shape index (κ3) is 3.58. The molecule has 3 aromatic rings. The van der Waals surface area contributed by atoms with Gasteiger partial charge < -0.3 is 9.30 Å². The highest BCUT2D eigenvalue weighted by Gasteiger charge is 2.28. The van der Waals surface area contributed by atoms with Crippen LogP contribution in [-0.2, 0) is 10.0 Å². The van der Waals surface area contributed by atoms with Crippen LogP contribution in [0.1, 0.15) is 36.6 Å². The van der Waals surface area contributed by atoms with Crippen molar-refractivity contribution in [2.45, 2.75) is 24.8 Å². The van der Waals surface area contributed by atoms with Crippen LogP contribution in [0, 0.1) is 0 Å². The van der Waals surface area contributed by atoms with E-state index in [1.807, 2.05) is 18.6 Å². The van der Waals surface area contributed by atoms with E-state index in [2.05, 4.69) is 41.6 Å². The van der Waals surface area contributed by atoms with Gasteiger partial charge in [0.15, 0.2) is 0 Å². The number of nitrogens with zero attached hydrogens (tertiary/aromatic N) is 2. The molecule has 30 heavy (non-hydrogen) atoms. The minimum atomic E-state index is -3.71. The Kier molecular flexibility index (Phi) is 5.09. The van der Waals surface area contributed by atoms with Crippen LogP contribution in [0.5, 0.6) is 5.75 Å². The van der Waals surface area contributed by atoms with Crippen LogP contribution in [0.2, 0.25) is 0 Å². The molecular formula is C23H23N3O3S. The quantitative estimate of drug-likeness (QED) is 0.671. The highest BCUT2D eigenvalue weighted by atomic mass is 32.2. The first-order valence-corrected chi connectivity index (χ1v) is 11.1. The highest BCUT2D eigenvalue weighted by Crippen LogP contribution is 2.47. The van der Waals surface area contributed by atoms with Gasteiger partial charge in [-0.2, -0.15) is 0 Å². The summed E-state index contributed by atoms with van der Waals surface area (Å²) in [6, 6.07) is 12.8. The molecule has 0 saturated heterocycles. The number of primary sulfonamides is 1. The van der Waals surface area contributed by atoms with E-state index in [1.54, 1.807) is 25.4 Å². The average molecular weight is 422 g/mol. The molecule has 0 amide bonds. The van der Waals surface area contributed by atoms with Crippen LogP contribution in [0.4, 0.5) is 0 Å². The summed E-state index contributed by atoms with van der Waals surface area (Å²) in [6.45, 7) is 4.26. The van der Waals surface area contributed by atoms with Gasteiger partial charge in [-0.1, -0.05) is 18.2 Å². The number of nitrogens with two attached hydrogens (primary N) is 1. The Labute approximate surface area is 176 Å². The van der Waals surface area contributed by atoms with Gasteiger partial charge in [-0.3, -0.25) is 0 Å². The zero-order valence-corrected chi connectivity index (χ0v) is 17.8. The normalized spacial score (nSPS) is 16.1. The molecule has 1 aliphatic rings. The number of ether oxygens (including phenoxy) is 1. The molecule has 2 N–H and O–H groups in total. The number of methoxy groups -OCH3 is 1. The standard InChI is InChI=1S/C23H23N3O3S/c1-15-21(12-17-4-7-19(8-5-17)30(24,27)28)20-9-6-18(29-3)13-22(20)23(15)16(2)26-11-10-25-14-26/h4-14,16H,1-3H3,(H2,24,27,28). The van der Waals surface area contributed by atoms with Gasteiger partial charge in [-0.25, -0.2) is 18.5 Å². The smallest absolute Gasteiger partial charge is 0.238 e. The molecule has 1 unspecified atom stereocenters. The van der Waals surface area contributed by atoms with E-state index < -0.39 is 10.0 Å². The maximum absolute atomic E-state index is 11.5. The van der Waals surface area contributed by atoms with Crippen molar-refractivity contribution in [1.82, 2.24) is 9.55 Å². The van der Waals surface area contributed by atoms with Crippen molar-refractivity contribution in [2.75, 3.05) is 7.11 Å². The van der Waals surface area contributed by atoms with Crippen molar-refractivity contribution in [3.05, 3.63) is 83.4 Å². The van der Waals surface area contributed by atoms with Crippen LogP contribution in [-0.4, -0.2) is 25.1 Å². The molecule has 1 aliphatic carbocycles. The number of sulfonamides is 1. The largest absolute Gasteiger partial charge is 0.497 e. The predicted molar refractivity (Wildman–Crippen MR) is 118 cm³/mol. The molecular weight excluding hydrogens is 398 g/mol. The van der Waals surface area contributed by atoms with Gasteiger partial charge in [0, 0.05) is 12.4 Å². The van der Waals surface area contributed by atoms with Crippen molar-refractivity contribution in [3.63, 3.8) is 0 Å². The van der Waals surface area contributed by atoms with E-state index >= 15 is 0 Å². The minimum absolute atomic E-state index is 0.0917. The summed E-state index contributed by atoms with van der Waals surface area (Å²) >= 11 is 0. The van der Waals surface area contributed by atoms with Crippen LogP contribution < -0.4 is 9.88 Å². The van der Waals surface area contributed by atoms with Gasteiger partial charge in [0.25, 0.3) is 0 Å². The number of aromatic nitrogens is 2. The monoisotopic (exact) mass is 421 g/mol. The fourth-order valence-corrected chi connectivity index (χ4v) is 4.46. The van der Waals surface area contributed by atoms with Crippen LogP contribution in [0.3, 0.4) is 0 Å². The molecule has 7 heteroatoms. The van der Waals surface area contributed by atoms with Crippen molar-refractivity contribution < 1.29 is 13.2 Å². The van der Waals surface area contributed by atoms with Gasteiger partial charge >= 0.3 is 0 Å². The maximum Gasteiger partial charge on any atom is 0.238 e. The van der Waals surface area contributed by atoms with Crippen molar-refractivity contribution >= 4 is 27.2 Å². The van der Waals surface area contributed by atoms with Crippen molar-refractivity contribution in [2.24, 2.45) is 5.14 Å². The fourth-order valence-electron chi connectivity index (χ4n) is 3.95. The van der Waals surface area contributed by atoms with Crippen LogP contribution in [0.25, 0.3) is 17.2 Å². The second kappa shape index (κ2) is 7.59. The first kappa shape index (κ1) is 20.1. The lowest BCUT2D eigenvalue weighted by Crippen LogP contribution is -2.11. The number of allylic oxidation sites excluding steroid dienone is 3. The SMILES string of the molecule is COc1ccc2c(c1)C(C(C)n1ccnc1)=C(C)C2=Cc1ccc(S(N)(=O)=O)cc1. The first-order chi connectivity index (χ1) is 14.3. The Morgan fingerprint density at radius 2 is 1.87 bits per heavy atom. The Bertz CT molecular complexity index is 1260. The molecule has 2 aromatic carbocycles. The van der Waals surface area contributed by atoms with Gasteiger partial charge in [0.2, 0.25) is 10.0 Å². The molecule has 1 atom stereocenters. The summed E-state index contributed by atoms with van der Waals surface area (Å²) in [5.74, 6) is 0.802. The molecule has 0 fully saturated rings. The van der Waals surface area contributed by atoms with Gasteiger partial charge in [0.1, 0.15) is 5.75 Å². The maximum atomic E-state index is 11.5. The van der Waals surface area contributed by atoms with Gasteiger partial charge in [0.05, 0.1) is 24.4 Å². The second-order valence-electron chi connectivity index (χ2n) is 7.31. The third-order valence-electron chi connectivity index (χ3n) is 5.52. The molecule has 0 spiro atoms. The van der Waals surface area contributed by atoms with Crippen LogP contribution >= 0.6 is 0 Å². The number of benzene rings is 2. The Morgan fingerprint density at radius 3 is 2.47 bits per heavy atom. The number of fused-ring (bicyclic) bond motifs is 1. The van der Waals surface area contributed by atoms with E-state index in [-0.39, 0.29) is 10.9 Å². The fraction of sp³-hybridized carbons (Fsp3) is 0.174. The molecule has 0 saturated carbocycles. The van der Waals surface area contributed by atoms with E-state index in [1.165, 1.54) is 17.7 Å². The topological polar surface area (TPSA) is 87.2 Å². The molecule has 0 radical (unpaired) electrons. The summed E-state index contributed by atoms with van der Waals surface area (Å²) in [4.78, 5) is 4.29. The zero-order valence-electron chi connectivity index (χ0n) is 17.0. The molecule has 1 aromatic heterocycles. The summed E-state index contributed by atoms with van der Waals surface area (Å²) in [7, 11) is -2.05. The van der Waals surface area contributed by atoms with Gasteiger partial charge in [-0.15, -0.1) is 0 Å². The Morgan fingerprint density at radius 1 is 1.13 bits per heavy atom. The Balaban J connectivity index is 1.85. The minimum Gasteiger partial charge on any atom is -0.497 e. The molecule has 0 aliphatic heterocycles. The van der Waals surface area contributed by atoms with E-state index in [4.69, 9.17) is 9.88 Å². The zero-order chi connectivity index (χ0) is 21.5. The number of hydrogen-bond acceptors (Lipinski definition) is 4. The average Bonchev–Trinajstić information content (AvgIpc) is 3.34. The Hall–Kier alpha value is -3.16. The second-order valence-corrected chi connectivity index (χ2v) is 8.87. The lowest BCUT2D eigenvalue weighted by molar-refractivity contribution is 0.414. The predicted octanol–water partition coefficient (Wildman–Crippen LogP) is 4.13. The molecule has 4 rings (SSSR count). The van der Waals surface area contributed by atoms with E-state index in [9.17, 15) is 8.42 Å². The summed E-state index contributed by atoms with van der Waals surface area (Å²) in [6.07, 6.45) is 7.62. The lowest BCUT2D eigenvalue weighted by Gasteiger charge is -2.17. The van der Waals surface area contributed by atoms with Crippen LogP contribution in [0.15, 0.2) is 71.7 Å². The summed E-state index contributed by atoms with van der Waals surface area (Å²) in [5.41, 5.74) is 6.60. The van der Waals surface area contributed by atoms with E-state index in [0.29, 0.717) is 0 Å². The summed E-state index contributed by atoms with van der Waals surface area (Å²) in [5, 5.41) is 5.21. The van der Waals surface area contributed by atoms with Gasteiger partial charge in [-0.05, 0) is 77.6 Å². The third-order valence-corrected chi connectivity index (χ3v) is 6.45. The van der Waals surface area contributed by atoms with Crippen molar-refractivity contribution in [1.29, 1.82) is 0 Å². The molecule has 154 valence electrons. The number of hydrogen-bond donors (Lipinski definition) is 1. The highest BCUT2D eigenvalue weighted by molar-refractivity contribution is 7.89. The van der Waals surface area contributed by atoms with Crippen molar-refractivity contribution in [3.8, 4) is 5.75 Å². The first-order valence-electron chi connectivity index (χ1n) is 9.51. The molecule has 0 bridgehead atoms. The molecule has 1 heterocycles. The van der Waals surface area contributed by atoms with E-state index in [0.717, 1.165) is 33.6 Å². The molecule has 6 nitrogen and oxygen atoms in total. The summed E-state index contributed by atoms with van der Waals surface area (Å²) < 4.78 is 30.6. The number of imidazole rings is 1. The number of rotatable bonds is 5.